The molecule has 0 atom stereocenters. The molecule has 0 heterocycles. The summed E-state index contributed by atoms with van der Waals surface area (Å²) in [7, 11) is -2.22. The van der Waals surface area contributed by atoms with Gasteiger partial charge in [-0.15, -0.1) is 0 Å². The Balaban J connectivity index is 1.92. The van der Waals surface area contributed by atoms with Crippen LogP contribution in [0, 0.1) is 5.82 Å². The van der Waals surface area contributed by atoms with Gasteiger partial charge in [0.05, 0.1) is 12.1 Å². The maximum absolute atomic E-state index is 13.2. The number of hydrogen-bond acceptors (Lipinski definition) is 3. The summed E-state index contributed by atoms with van der Waals surface area (Å²) in [5, 5.41) is -0.101. The predicted molar refractivity (Wildman–Crippen MR) is 90.2 cm³/mol. The summed E-state index contributed by atoms with van der Waals surface area (Å²) in [6.07, 6.45) is 1.63. The maximum Gasteiger partial charge on any atom is 0.245 e. The van der Waals surface area contributed by atoms with Crippen molar-refractivity contribution in [2.75, 3.05) is 7.11 Å². The average molecular weight is 370 g/mol. The minimum Gasteiger partial charge on any atom is -0.497 e. The van der Waals surface area contributed by atoms with Gasteiger partial charge >= 0.3 is 0 Å². The van der Waals surface area contributed by atoms with E-state index >= 15 is 0 Å². The van der Waals surface area contributed by atoms with Crippen molar-refractivity contribution in [1.82, 2.24) is 4.31 Å². The van der Waals surface area contributed by atoms with Crippen LogP contribution in [-0.4, -0.2) is 25.9 Å². The highest BCUT2D eigenvalue weighted by molar-refractivity contribution is 7.89. The summed E-state index contributed by atoms with van der Waals surface area (Å²) < 4.78 is 45.7. The van der Waals surface area contributed by atoms with Crippen molar-refractivity contribution in [3.05, 3.63) is 58.9 Å². The van der Waals surface area contributed by atoms with Crippen molar-refractivity contribution in [3.8, 4) is 5.75 Å². The van der Waals surface area contributed by atoms with Crippen molar-refractivity contribution in [3.63, 3.8) is 0 Å². The summed E-state index contributed by atoms with van der Waals surface area (Å²) in [6, 6.07) is 10.5. The van der Waals surface area contributed by atoms with E-state index in [0.29, 0.717) is 5.75 Å². The number of hydrogen-bond donors (Lipinski definition) is 0. The molecule has 2 aromatic rings. The molecule has 1 saturated carbocycles. The number of rotatable bonds is 6. The molecule has 0 unspecified atom stereocenters. The topological polar surface area (TPSA) is 46.6 Å². The maximum atomic E-state index is 13.2. The lowest BCUT2D eigenvalue weighted by molar-refractivity contribution is 0.397. The van der Waals surface area contributed by atoms with Crippen molar-refractivity contribution in [2.45, 2.75) is 30.3 Å². The Labute approximate surface area is 145 Å². The summed E-state index contributed by atoms with van der Waals surface area (Å²) in [6.45, 7) is 0.241. The zero-order chi connectivity index (χ0) is 17.3. The van der Waals surface area contributed by atoms with Gasteiger partial charge in [-0.25, -0.2) is 12.8 Å². The number of methoxy groups -OCH3 is 1. The van der Waals surface area contributed by atoms with E-state index in [1.165, 1.54) is 10.4 Å². The second-order valence-electron chi connectivity index (χ2n) is 5.70. The molecule has 0 spiro atoms. The number of ether oxygens (including phenoxy) is 1. The monoisotopic (exact) mass is 369 g/mol. The van der Waals surface area contributed by atoms with Crippen LogP contribution >= 0.6 is 11.6 Å². The van der Waals surface area contributed by atoms with Crippen molar-refractivity contribution >= 4 is 21.6 Å². The lowest BCUT2D eigenvalue weighted by Gasteiger charge is -2.22. The molecule has 0 aliphatic heterocycles. The highest BCUT2D eigenvalue weighted by atomic mass is 35.5. The Morgan fingerprint density at radius 3 is 2.42 bits per heavy atom. The molecule has 7 heteroatoms. The van der Waals surface area contributed by atoms with Crippen LogP contribution in [-0.2, 0) is 16.6 Å². The Morgan fingerprint density at radius 2 is 1.88 bits per heavy atom. The second kappa shape index (κ2) is 6.70. The predicted octanol–water partition coefficient (Wildman–Crippen LogP) is 3.84. The molecule has 4 nitrogen and oxygen atoms in total. The van der Waals surface area contributed by atoms with Crippen molar-refractivity contribution in [1.29, 1.82) is 0 Å². The van der Waals surface area contributed by atoms with E-state index in [1.54, 1.807) is 19.2 Å². The van der Waals surface area contributed by atoms with Crippen LogP contribution in [0.3, 0.4) is 0 Å². The average Bonchev–Trinajstić information content (AvgIpc) is 3.37. The van der Waals surface area contributed by atoms with Gasteiger partial charge in [0.15, 0.2) is 0 Å². The molecular formula is C17H17ClFNO3S. The Bertz CT molecular complexity index is 835. The third kappa shape index (κ3) is 3.55. The van der Waals surface area contributed by atoms with Crippen molar-refractivity contribution in [2.24, 2.45) is 0 Å². The van der Waals surface area contributed by atoms with E-state index in [4.69, 9.17) is 16.3 Å². The molecule has 1 aliphatic carbocycles. The van der Waals surface area contributed by atoms with Crippen molar-refractivity contribution < 1.29 is 17.5 Å². The molecule has 0 radical (unpaired) electrons. The second-order valence-corrected chi connectivity index (χ2v) is 7.97. The summed E-state index contributed by atoms with van der Waals surface area (Å²) in [4.78, 5) is -0.0639. The first-order valence-corrected chi connectivity index (χ1v) is 9.33. The third-order valence-electron chi connectivity index (χ3n) is 3.93. The number of halogens is 2. The quantitative estimate of drug-likeness (QED) is 0.777. The Morgan fingerprint density at radius 1 is 1.21 bits per heavy atom. The van der Waals surface area contributed by atoms with Gasteiger partial charge in [0, 0.05) is 12.6 Å². The largest absolute Gasteiger partial charge is 0.497 e. The number of nitrogens with zero attached hydrogens (tertiary/aromatic N) is 1. The lowest BCUT2D eigenvalue weighted by Crippen LogP contribution is -2.32. The molecule has 0 amide bonds. The molecule has 24 heavy (non-hydrogen) atoms. The van der Waals surface area contributed by atoms with Crippen LogP contribution in [0.1, 0.15) is 18.4 Å². The molecule has 0 bridgehead atoms. The minimum absolute atomic E-state index is 0.0433. The van der Waals surface area contributed by atoms with Gasteiger partial charge in [-0.1, -0.05) is 23.7 Å². The SMILES string of the molecule is COc1ccc(CN(C2CC2)S(=O)(=O)c2ccc(F)cc2Cl)cc1. The molecule has 3 rings (SSSR count). The third-order valence-corrected chi connectivity index (χ3v) is 6.31. The van der Waals surface area contributed by atoms with Crippen LogP contribution in [0.25, 0.3) is 0 Å². The molecule has 1 aliphatic rings. The van der Waals surface area contributed by atoms with Gasteiger partial charge in [-0.2, -0.15) is 4.31 Å². The highest BCUT2D eigenvalue weighted by Crippen LogP contribution is 2.35. The number of sulfonamides is 1. The summed E-state index contributed by atoms with van der Waals surface area (Å²) in [5.41, 5.74) is 0.851. The van der Waals surface area contributed by atoms with Gasteiger partial charge in [0.2, 0.25) is 10.0 Å². The smallest absolute Gasteiger partial charge is 0.245 e. The Hall–Kier alpha value is -1.63. The van der Waals surface area contributed by atoms with Gasteiger partial charge in [-0.3, -0.25) is 0 Å². The van der Waals surface area contributed by atoms with E-state index in [1.807, 2.05) is 12.1 Å². The summed E-state index contributed by atoms with van der Waals surface area (Å²) >= 11 is 5.96. The fourth-order valence-electron chi connectivity index (χ4n) is 2.49. The van der Waals surface area contributed by atoms with E-state index in [-0.39, 0.29) is 22.5 Å². The van der Waals surface area contributed by atoms with E-state index in [9.17, 15) is 12.8 Å². The highest BCUT2D eigenvalue weighted by Gasteiger charge is 2.38. The first kappa shape index (κ1) is 17.2. The molecule has 0 N–H and O–H groups in total. The molecule has 1 fully saturated rings. The normalized spacial score (nSPS) is 14.8. The Kier molecular flexibility index (Phi) is 4.80. The van der Waals surface area contributed by atoms with E-state index in [0.717, 1.165) is 30.5 Å². The van der Waals surface area contributed by atoms with Crippen LogP contribution in [0.15, 0.2) is 47.4 Å². The van der Waals surface area contributed by atoms with Crippen LogP contribution in [0.4, 0.5) is 4.39 Å². The molecule has 0 aromatic heterocycles. The molecule has 0 saturated heterocycles. The van der Waals surface area contributed by atoms with Crippen LogP contribution < -0.4 is 4.74 Å². The minimum atomic E-state index is -3.80. The molecular weight excluding hydrogens is 353 g/mol. The zero-order valence-corrected chi connectivity index (χ0v) is 14.6. The lowest BCUT2D eigenvalue weighted by atomic mass is 10.2. The van der Waals surface area contributed by atoms with E-state index < -0.39 is 15.8 Å². The van der Waals surface area contributed by atoms with Gasteiger partial charge < -0.3 is 4.74 Å². The van der Waals surface area contributed by atoms with Gasteiger partial charge in [0.1, 0.15) is 16.5 Å². The fraction of sp³-hybridized carbons (Fsp3) is 0.294. The standard InChI is InChI=1S/C17H17ClFNO3S/c1-23-15-7-2-12(3-8-15)11-20(14-5-6-14)24(21,22)17-9-4-13(19)10-16(17)18/h2-4,7-10,14H,5-6,11H2,1H3. The van der Waals surface area contributed by atoms with Crippen LogP contribution in [0.5, 0.6) is 5.75 Å². The first-order chi connectivity index (χ1) is 11.4. The fourth-order valence-corrected chi connectivity index (χ4v) is 4.67. The molecule has 128 valence electrons. The first-order valence-electron chi connectivity index (χ1n) is 7.51. The number of benzene rings is 2. The molecule has 2 aromatic carbocycles. The van der Waals surface area contributed by atoms with E-state index in [2.05, 4.69) is 0 Å². The summed E-state index contributed by atoms with van der Waals surface area (Å²) in [5.74, 6) is 0.147. The van der Waals surface area contributed by atoms with Crippen LogP contribution in [0.2, 0.25) is 5.02 Å². The zero-order valence-electron chi connectivity index (χ0n) is 13.1. The van der Waals surface area contributed by atoms with Gasteiger partial charge in [0.25, 0.3) is 0 Å². The van der Waals surface area contributed by atoms with Gasteiger partial charge in [-0.05, 0) is 48.7 Å².